The highest BCUT2D eigenvalue weighted by Gasteiger charge is 1.97. The first kappa shape index (κ1) is 15.4. The number of unbranched alkanes of at least 4 members (excludes halogenated alkanes) is 7. The number of nitrogens with zero attached hydrogens (tertiary/aromatic N) is 2. The van der Waals surface area contributed by atoms with Crippen molar-refractivity contribution in [3.63, 3.8) is 0 Å². The van der Waals surface area contributed by atoms with Crippen LogP contribution < -0.4 is 4.74 Å². The van der Waals surface area contributed by atoms with Crippen LogP contribution >= 0.6 is 15.9 Å². The molecule has 0 radical (unpaired) electrons. The minimum atomic E-state index is 0.473. The molecular weight excluding hydrogens is 292 g/mol. The molecule has 0 aromatic carbocycles. The predicted molar refractivity (Wildman–Crippen MR) is 77.8 cm³/mol. The van der Waals surface area contributed by atoms with E-state index >= 15 is 0 Å². The van der Waals surface area contributed by atoms with Gasteiger partial charge in [0, 0.05) is 12.4 Å². The van der Waals surface area contributed by atoms with Gasteiger partial charge in [-0.05, 0) is 22.4 Å². The lowest BCUT2D eigenvalue weighted by Crippen LogP contribution is -2.00. The molecule has 18 heavy (non-hydrogen) atoms. The Balaban J connectivity index is 1.91. The number of hydrogen-bond donors (Lipinski definition) is 0. The lowest BCUT2D eigenvalue weighted by atomic mass is 10.1. The van der Waals surface area contributed by atoms with Crippen molar-refractivity contribution >= 4 is 15.9 Å². The van der Waals surface area contributed by atoms with Crippen LogP contribution in [-0.4, -0.2) is 16.6 Å². The minimum absolute atomic E-state index is 0.473. The molecule has 1 aromatic heterocycles. The van der Waals surface area contributed by atoms with Crippen molar-refractivity contribution in [1.82, 2.24) is 9.97 Å². The van der Waals surface area contributed by atoms with Crippen LogP contribution in [0.5, 0.6) is 6.01 Å². The van der Waals surface area contributed by atoms with E-state index in [0.717, 1.165) is 17.5 Å². The zero-order valence-corrected chi connectivity index (χ0v) is 12.8. The molecule has 1 aromatic rings. The Hall–Kier alpha value is -0.640. The molecular formula is C14H23BrN2O. The number of aromatic nitrogens is 2. The summed E-state index contributed by atoms with van der Waals surface area (Å²) in [6, 6.07) is 0.473. The smallest absolute Gasteiger partial charge is 0.316 e. The van der Waals surface area contributed by atoms with Crippen molar-refractivity contribution in [3.8, 4) is 6.01 Å². The summed E-state index contributed by atoms with van der Waals surface area (Å²) in [7, 11) is 0. The van der Waals surface area contributed by atoms with Gasteiger partial charge in [-0.2, -0.15) is 0 Å². The summed E-state index contributed by atoms with van der Waals surface area (Å²) in [6.07, 6.45) is 13.9. The molecule has 0 spiro atoms. The van der Waals surface area contributed by atoms with Gasteiger partial charge in [0.25, 0.3) is 0 Å². The molecule has 0 saturated heterocycles. The zero-order chi connectivity index (χ0) is 13.1. The van der Waals surface area contributed by atoms with Gasteiger partial charge in [0.05, 0.1) is 11.1 Å². The van der Waals surface area contributed by atoms with Gasteiger partial charge in [0.1, 0.15) is 0 Å². The zero-order valence-electron chi connectivity index (χ0n) is 11.2. The lowest BCUT2D eigenvalue weighted by Gasteiger charge is -2.04. The van der Waals surface area contributed by atoms with Gasteiger partial charge in [-0.25, -0.2) is 9.97 Å². The molecule has 0 unspecified atom stereocenters. The Kier molecular flexibility index (Phi) is 8.82. The maximum absolute atomic E-state index is 5.46. The second kappa shape index (κ2) is 10.3. The lowest BCUT2D eigenvalue weighted by molar-refractivity contribution is 0.281. The summed E-state index contributed by atoms with van der Waals surface area (Å²) in [4.78, 5) is 8.13. The second-order valence-corrected chi connectivity index (χ2v) is 5.42. The van der Waals surface area contributed by atoms with Gasteiger partial charge in [0.2, 0.25) is 0 Å². The Morgan fingerprint density at radius 1 is 0.944 bits per heavy atom. The van der Waals surface area contributed by atoms with E-state index in [1.807, 2.05) is 0 Å². The molecule has 1 heterocycles. The van der Waals surface area contributed by atoms with Crippen LogP contribution in [0.3, 0.4) is 0 Å². The number of rotatable bonds is 10. The van der Waals surface area contributed by atoms with Crippen molar-refractivity contribution in [2.75, 3.05) is 6.61 Å². The van der Waals surface area contributed by atoms with Crippen LogP contribution in [0.2, 0.25) is 0 Å². The van der Waals surface area contributed by atoms with Crippen LogP contribution in [0.4, 0.5) is 0 Å². The summed E-state index contributed by atoms with van der Waals surface area (Å²) < 4.78 is 6.34. The number of hydrogen-bond acceptors (Lipinski definition) is 3. The third-order valence-corrected chi connectivity index (χ3v) is 3.24. The van der Waals surface area contributed by atoms with Gasteiger partial charge in [-0.1, -0.05) is 51.9 Å². The second-order valence-electron chi connectivity index (χ2n) is 4.51. The molecule has 0 fully saturated rings. The predicted octanol–water partition coefficient (Wildman–Crippen LogP) is 4.76. The highest BCUT2D eigenvalue weighted by Crippen LogP contribution is 2.10. The Bertz CT molecular complexity index is 303. The Labute approximate surface area is 119 Å². The topological polar surface area (TPSA) is 35.0 Å². The third-order valence-electron chi connectivity index (χ3n) is 2.83. The molecule has 0 aliphatic rings. The average molecular weight is 315 g/mol. The van der Waals surface area contributed by atoms with Gasteiger partial charge < -0.3 is 4.74 Å². The number of ether oxygens (including phenoxy) is 1. The summed E-state index contributed by atoms with van der Waals surface area (Å²) in [5.74, 6) is 0. The minimum Gasteiger partial charge on any atom is -0.463 e. The third kappa shape index (κ3) is 7.64. The fourth-order valence-electron chi connectivity index (χ4n) is 1.77. The van der Waals surface area contributed by atoms with Crippen LogP contribution in [-0.2, 0) is 0 Å². The maximum atomic E-state index is 5.46. The van der Waals surface area contributed by atoms with E-state index in [1.165, 1.54) is 44.9 Å². The Morgan fingerprint density at radius 3 is 2.11 bits per heavy atom. The standard InChI is InChI=1S/C14H23BrN2O/c1-2-3-4-5-6-7-8-9-10-18-14-16-11-13(15)12-17-14/h11-12H,2-10H2,1H3. The molecule has 0 bridgehead atoms. The summed E-state index contributed by atoms with van der Waals surface area (Å²) in [5.41, 5.74) is 0. The molecule has 0 atom stereocenters. The monoisotopic (exact) mass is 314 g/mol. The molecule has 1 rings (SSSR count). The van der Waals surface area contributed by atoms with E-state index in [9.17, 15) is 0 Å². The van der Waals surface area contributed by atoms with Gasteiger partial charge in [-0.15, -0.1) is 0 Å². The number of halogens is 1. The van der Waals surface area contributed by atoms with Gasteiger partial charge in [0.15, 0.2) is 0 Å². The normalized spacial score (nSPS) is 10.6. The fourth-order valence-corrected chi connectivity index (χ4v) is 1.98. The van der Waals surface area contributed by atoms with Crippen LogP contribution in [0.1, 0.15) is 58.3 Å². The van der Waals surface area contributed by atoms with E-state index in [4.69, 9.17) is 4.74 Å². The molecule has 4 heteroatoms. The molecule has 0 aliphatic heterocycles. The molecule has 102 valence electrons. The van der Waals surface area contributed by atoms with Crippen molar-refractivity contribution in [2.45, 2.75) is 58.3 Å². The molecule has 0 N–H and O–H groups in total. The quantitative estimate of drug-likeness (QED) is 0.584. The highest BCUT2D eigenvalue weighted by molar-refractivity contribution is 9.10. The van der Waals surface area contributed by atoms with E-state index < -0.39 is 0 Å². The first-order valence-corrected chi connectivity index (χ1v) is 7.72. The van der Waals surface area contributed by atoms with Crippen LogP contribution in [0.15, 0.2) is 16.9 Å². The molecule has 0 saturated carbocycles. The van der Waals surface area contributed by atoms with Crippen LogP contribution in [0, 0.1) is 0 Å². The fraction of sp³-hybridized carbons (Fsp3) is 0.714. The van der Waals surface area contributed by atoms with Crippen molar-refractivity contribution in [3.05, 3.63) is 16.9 Å². The maximum Gasteiger partial charge on any atom is 0.316 e. The summed E-state index contributed by atoms with van der Waals surface area (Å²) in [6.45, 7) is 2.97. The first-order chi connectivity index (χ1) is 8.83. The van der Waals surface area contributed by atoms with Gasteiger partial charge in [-0.3, -0.25) is 0 Å². The Morgan fingerprint density at radius 2 is 1.50 bits per heavy atom. The summed E-state index contributed by atoms with van der Waals surface area (Å²) >= 11 is 3.29. The van der Waals surface area contributed by atoms with Crippen molar-refractivity contribution in [2.24, 2.45) is 0 Å². The van der Waals surface area contributed by atoms with E-state index in [1.54, 1.807) is 12.4 Å². The van der Waals surface area contributed by atoms with Crippen molar-refractivity contribution < 1.29 is 4.74 Å². The van der Waals surface area contributed by atoms with Gasteiger partial charge >= 0.3 is 6.01 Å². The molecule has 0 amide bonds. The SMILES string of the molecule is CCCCCCCCCCOc1ncc(Br)cn1. The largest absolute Gasteiger partial charge is 0.463 e. The average Bonchev–Trinajstić information content (AvgIpc) is 2.39. The highest BCUT2D eigenvalue weighted by atomic mass is 79.9. The first-order valence-electron chi connectivity index (χ1n) is 6.93. The van der Waals surface area contributed by atoms with Crippen LogP contribution in [0.25, 0.3) is 0 Å². The summed E-state index contributed by atoms with van der Waals surface area (Å²) in [5, 5.41) is 0. The van der Waals surface area contributed by atoms with E-state index in [2.05, 4.69) is 32.8 Å². The van der Waals surface area contributed by atoms with E-state index in [0.29, 0.717) is 6.01 Å². The van der Waals surface area contributed by atoms with E-state index in [-0.39, 0.29) is 0 Å². The van der Waals surface area contributed by atoms with Crippen molar-refractivity contribution in [1.29, 1.82) is 0 Å². The molecule has 3 nitrogen and oxygen atoms in total. The molecule has 0 aliphatic carbocycles.